The summed E-state index contributed by atoms with van der Waals surface area (Å²) < 4.78 is 4.67. The zero-order valence-corrected chi connectivity index (χ0v) is 14.3. The van der Waals surface area contributed by atoms with E-state index in [-0.39, 0.29) is 18.3 Å². The number of nitrogens with zero attached hydrogens (tertiary/aromatic N) is 1. The third kappa shape index (κ3) is 5.51. The van der Waals surface area contributed by atoms with Crippen molar-refractivity contribution in [3.8, 4) is 0 Å². The number of amides is 1. The quantitative estimate of drug-likeness (QED) is 0.726. The van der Waals surface area contributed by atoms with E-state index in [0.717, 1.165) is 12.0 Å². The molecular weight excluding hydrogens is 278 g/mol. The minimum atomic E-state index is -0.289. The fourth-order valence-electron chi connectivity index (χ4n) is 2.11. The Labute approximate surface area is 133 Å². The number of rotatable bonds is 7. The van der Waals surface area contributed by atoms with Crippen molar-refractivity contribution >= 4 is 11.9 Å². The molecule has 0 radical (unpaired) electrons. The lowest BCUT2D eigenvalue weighted by Crippen LogP contribution is -2.34. The van der Waals surface area contributed by atoms with E-state index in [4.69, 9.17) is 0 Å². The van der Waals surface area contributed by atoms with Gasteiger partial charge in [-0.25, -0.2) is 0 Å². The van der Waals surface area contributed by atoms with Crippen molar-refractivity contribution in [2.24, 2.45) is 5.92 Å². The molecule has 0 fully saturated rings. The summed E-state index contributed by atoms with van der Waals surface area (Å²) in [5, 5.41) is 0. The summed E-state index contributed by atoms with van der Waals surface area (Å²) in [5.41, 5.74) is 2.94. The first-order chi connectivity index (χ1) is 10.3. The molecule has 22 heavy (non-hydrogen) atoms. The molecule has 0 N–H and O–H groups in total. The average molecular weight is 305 g/mol. The predicted molar refractivity (Wildman–Crippen MR) is 87.9 cm³/mol. The highest BCUT2D eigenvalue weighted by molar-refractivity contribution is 5.94. The molecule has 0 aliphatic carbocycles. The lowest BCUT2D eigenvalue weighted by atomic mass is 10.0. The van der Waals surface area contributed by atoms with Crippen molar-refractivity contribution in [1.82, 2.24) is 4.90 Å². The van der Waals surface area contributed by atoms with Crippen LogP contribution < -0.4 is 0 Å². The van der Waals surface area contributed by atoms with Crippen LogP contribution in [0.4, 0.5) is 0 Å². The predicted octanol–water partition coefficient (Wildman–Crippen LogP) is 3.35. The molecular formula is C18H27NO3. The number of esters is 1. The fourth-order valence-corrected chi connectivity index (χ4v) is 2.11. The minimum Gasteiger partial charge on any atom is -0.469 e. The Hall–Kier alpha value is -1.84. The lowest BCUT2D eigenvalue weighted by Gasteiger charge is -2.23. The summed E-state index contributed by atoms with van der Waals surface area (Å²) in [6.45, 7) is 9.32. The van der Waals surface area contributed by atoms with Gasteiger partial charge in [-0.15, -0.1) is 0 Å². The summed E-state index contributed by atoms with van der Waals surface area (Å²) in [6, 6.07) is 5.73. The molecule has 0 aliphatic heterocycles. The highest BCUT2D eigenvalue weighted by atomic mass is 16.5. The number of carbonyl (C=O) groups excluding carboxylic acids is 2. The molecule has 0 heterocycles. The van der Waals surface area contributed by atoms with Gasteiger partial charge >= 0.3 is 5.97 Å². The highest BCUT2D eigenvalue weighted by Crippen LogP contribution is 2.14. The van der Waals surface area contributed by atoms with Gasteiger partial charge in [-0.3, -0.25) is 9.59 Å². The third-order valence-electron chi connectivity index (χ3n) is 3.83. The molecule has 1 amide bonds. The van der Waals surface area contributed by atoms with Crippen LogP contribution in [-0.2, 0) is 9.53 Å². The first-order valence-electron chi connectivity index (χ1n) is 7.78. The number of hydrogen-bond acceptors (Lipinski definition) is 3. The van der Waals surface area contributed by atoms with Crippen LogP contribution in [0.1, 0.15) is 48.2 Å². The number of ether oxygens (including phenoxy) is 1. The molecule has 0 bridgehead atoms. The first kappa shape index (κ1) is 18.2. The van der Waals surface area contributed by atoms with Crippen LogP contribution in [0.15, 0.2) is 18.2 Å². The molecule has 1 aromatic carbocycles. The van der Waals surface area contributed by atoms with Crippen LogP contribution in [0.3, 0.4) is 0 Å². The largest absolute Gasteiger partial charge is 0.469 e. The van der Waals surface area contributed by atoms with Crippen molar-refractivity contribution < 1.29 is 14.3 Å². The average Bonchev–Trinajstić information content (AvgIpc) is 2.48. The van der Waals surface area contributed by atoms with Crippen molar-refractivity contribution in [3.63, 3.8) is 0 Å². The van der Waals surface area contributed by atoms with E-state index >= 15 is 0 Å². The maximum Gasteiger partial charge on any atom is 0.307 e. The molecule has 0 aliphatic rings. The molecule has 122 valence electrons. The minimum absolute atomic E-state index is 0.0207. The second kappa shape index (κ2) is 8.57. The monoisotopic (exact) mass is 305 g/mol. The molecule has 1 aromatic rings. The Morgan fingerprint density at radius 2 is 1.82 bits per heavy atom. The van der Waals surface area contributed by atoms with Crippen LogP contribution in [0.25, 0.3) is 0 Å². The van der Waals surface area contributed by atoms with E-state index in [1.54, 1.807) is 4.90 Å². The highest BCUT2D eigenvalue weighted by Gasteiger charge is 2.17. The van der Waals surface area contributed by atoms with Crippen LogP contribution in [0.2, 0.25) is 0 Å². The Morgan fingerprint density at radius 3 is 2.36 bits per heavy atom. The molecule has 0 atom stereocenters. The van der Waals surface area contributed by atoms with E-state index < -0.39 is 0 Å². The van der Waals surface area contributed by atoms with Gasteiger partial charge in [0.25, 0.3) is 5.91 Å². The smallest absolute Gasteiger partial charge is 0.307 e. The van der Waals surface area contributed by atoms with Gasteiger partial charge < -0.3 is 9.64 Å². The molecule has 0 saturated heterocycles. The zero-order valence-electron chi connectivity index (χ0n) is 14.3. The van der Waals surface area contributed by atoms with Crippen molar-refractivity contribution in [1.29, 1.82) is 0 Å². The molecule has 4 nitrogen and oxygen atoms in total. The van der Waals surface area contributed by atoms with Gasteiger partial charge in [0.1, 0.15) is 0 Å². The van der Waals surface area contributed by atoms with Gasteiger partial charge in [-0.05, 0) is 49.4 Å². The van der Waals surface area contributed by atoms with Crippen molar-refractivity contribution in [3.05, 3.63) is 34.9 Å². The SMILES string of the molecule is COC(=O)CCN(CCC(C)C)C(=O)c1ccc(C)c(C)c1. The van der Waals surface area contributed by atoms with Crippen LogP contribution in [0, 0.1) is 19.8 Å². The maximum absolute atomic E-state index is 12.7. The normalized spacial score (nSPS) is 10.6. The van der Waals surface area contributed by atoms with Gasteiger partial charge in [0.05, 0.1) is 13.5 Å². The van der Waals surface area contributed by atoms with Gasteiger partial charge in [0, 0.05) is 18.7 Å². The van der Waals surface area contributed by atoms with Crippen LogP contribution >= 0.6 is 0 Å². The van der Waals surface area contributed by atoms with Gasteiger partial charge in [-0.2, -0.15) is 0 Å². The molecule has 1 rings (SSSR count). The number of carbonyl (C=O) groups is 2. The maximum atomic E-state index is 12.7. The molecule has 0 saturated carbocycles. The number of hydrogen-bond donors (Lipinski definition) is 0. The summed E-state index contributed by atoms with van der Waals surface area (Å²) >= 11 is 0. The molecule has 0 aromatic heterocycles. The lowest BCUT2D eigenvalue weighted by molar-refractivity contribution is -0.140. The van der Waals surface area contributed by atoms with Crippen molar-refractivity contribution in [2.75, 3.05) is 20.2 Å². The summed E-state index contributed by atoms with van der Waals surface area (Å²) in [5.74, 6) is 0.197. The Balaban J connectivity index is 2.84. The van der Waals surface area contributed by atoms with Gasteiger partial charge in [-0.1, -0.05) is 19.9 Å². The standard InChI is InChI=1S/C18H27NO3/c1-13(2)8-10-19(11-9-17(20)22-5)18(21)16-7-6-14(3)15(4)12-16/h6-7,12-13H,8-11H2,1-5H3. The second-order valence-corrected chi connectivity index (χ2v) is 6.10. The first-order valence-corrected chi connectivity index (χ1v) is 7.78. The Bertz CT molecular complexity index is 523. The number of benzene rings is 1. The van der Waals surface area contributed by atoms with Crippen LogP contribution in [-0.4, -0.2) is 37.0 Å². The van der Waals surface area contributed by atoms with E-state index in [2.05, 4.69) is 18.6 Å². The van der Waals surface area contributed by atoms with Crippen molar-refractivity contribution in [2.45, 2.75) is 40.5 Å². The molecule has 4 heteroatoms. The van der Waals surface area contributed by atoms with Crippen LogP contribution in [0.5, 0.6) is 0 Å². The summed E-state index contributed by atoms with van der Waals surface area (Å²) in [7, 11) is 1.37. The number of aryl methyl sites for hydroxylation is 2. The third-order valence-corrected chi connectivity index (χ3v) is 3.83. The molecule has 0 spiro atoms. The summed E-state index contributed by atoms with van der Waals surface area (Å²) in [6.07, 6.45) is 1.14. The van der Waals surface area contributed by atoms with E-state index in [1.165, 1.54) is 12.7 Å². The number of methoxy groups -OCH3 is 1. The van der Waals surface area contributed by atoms with E-state index in [0.29, 0.717) is 24.6 Å². The fraction of sp³-hybridized carbons (Fsp3) is 0.556. The van der Waals surface area contributed by atoms with Gasteiger partial charge in [0.2, 0.25) is 0 Å². The molecule has 0 unspecified atom stereocenters. The van der Waals surface area contributed by atoms with Gasteiger partial charge in [0.15, 0.2) is 0 Å². The Morgan fingerprint density at radius 1 is 1.14 bits per heavy atom. The second-order valence-electron chi connectivity index (χ2n) is 6.10. The van der Waals surface area contributed by atoms with E-state index in [1.807, 2.05) is 32.0 Å². The zero-order chi connectivity index (χ0) is 16.7. The topological polar surface area (TPSA) is 46.6 Å². The Kier molecular flexibility index (Phi) is 7.09. The summed E-state index contributed by atoms with van der Waals surface area (Å²) in [4.78, 5) is 25.8. The van der Waals surface area contributed by atoms with E-state index in [9.17, 15) is 9.59 Å².